The maximum atomic E-state index is 3.78. The van der Waals surface area contributed by atoms with Gasteiger partial charge in [0.15, 0.2) is 0 Å². The predicted molar refractivity (Wildman–Crippen MR) is 87.2 cm³/mol. The third-order valence-corrected chi connectivity index (χ3v) is 5.84. The summed E-state index contributed by atoms with van der Waals surface area (Å²) in [5, 5.41) is 3.78. The molecule has 0 aromatic heterocycles. The van der Waals surface area contributed by atoms with Crippen LogP contribution in [0.15, 0.2) is 0 Å². The van der Waals surface area contributed by atoms with E-state index in [9.17, 15) is 0 Å². The van der Waals surface area contributed by atoms with E-state index in [-0.39, 0.29) is 0 Å². The molecule has 2 aliphatic rings. The fourth-order valence-electron chi connectivity index (χ4n) is 3.55. The summed E-state index contributed by atoms with van der Waals surface area (Å²) in [6.45, 7) is 14.4. The third-order valence-electron chi connectivity index (χ3n) is 5.84. The van der Waals surface area contributed by atoms with Gasteiger partial charge in [-0.3, -0.25) is 9.80 Å². The highest BCUT2D eigenvalue weighted by Gasteiger charge is 2.34. The molecular weight excluding hydrogens is 246 g/mol. The smallest absolute Gasteiger partial charge is 0.0195 e. The molecule has 118 valence electrons. The molecule has 0 spiro atoms. The van der Waals surface area contributed by atoms with Crippen LogP contribution in [0.5, 0.6) is 0 Å². The largest absolute Gasteiger partial charge is 0.313 e. The van der Waals surface area contributed by atoms with Crippen molar-refractivity contribution in [3.8, 4) is 0 Å². The molecule has 2 unspecified atom stereocenters. The zero-order valence-corrected chi connectivity index (χ0v) is 14.3. The number of nitrogens with zero attached hydrogens (tertiary/aromatic N) is 2. The summed E-state index contributed by atoms with van der Waals surface area (Å²) >= 11 is 0. The van der Waals surface area contributed by atoms with Gasteiger partial charge >= 0.3 is 0 Å². The summed E-state index contributed by atoms with van der Waals surface area (Å²) in [4.78, 5) is 5.25. The van der Waals surface area contributed by atoms with Crippen LogP contribution in [0.25, 0.3) is 0 Å². The van der Waals surface area contributed by atoms with Gasteiger partial charge in [0.2, 0.25) is 0 Å². The van der Waals surface area contributed by atoms with Crippen LogP contribution in [-0.4, -0.2) is 61.2 Å². The molecule has 1 saturated carbocycles. The lowest BCUT2D eigenvalue weighted by Crippen LogP contribution is -2.57. The monoisotopic (exact) mass is 281 g/mol. The van der Waals surface area contributed by atoms with Crippen molar-refractivity contribution in [1.82, 2.24) is 15.1 Å². The summed E-state index contributed by atoms with van der Waals surface area (Å²) in [7, 11) is 2.27. The van der Waals surface area contributed by atoms with Gasteiger partial charge in [0, 0.05) is 44.3 Å². The molecule has 2 rings (SSSR count). The third kappa shape index (κ3) is 3.96. The van der Waals surface area contributed by atoms with E-state index in [1.54, 1.807) is 0 Å². The van der Waals surface area contributed by atoms with Crippen molar-refractivity contribution >= 4 is 0 Å². The zero-order chi connectivity index (χ0) is 14.8. The summed E-state index contributed by atoms with van der Waals surface area (Å²) in [5.74, 6) is 0. The second-order valence-corrected chi connectivity index (χ2v) is 7.42. The molecule has 0 aromatic carbocycles. The van der Waals surface area contributed by atoms with Gasteiger partial charge in [0.1, 0.15) is 0 Å². The number of rotatable bonds is 7. The van der Waals surface area contributed by atoms with E-state index in [1.165, 1.54) is 51.9 Å². The molecule has 20 heavy (non-hydrogen) atoms. The van der Waals surface area contributed by atoms with E-state index in [0.717, 1.165) is 6.04 Å². The molecule has 0 aromatic rings. The van der Waals surface area contributed by atoms with Gasteiger partial charge in [-0.25, -0.2) is 0 Å². The van der Waals surface area contributed by atoms with Gasteiger partial charge < -0.3 is 5.32 Å². The van der Waals surface area contributed by atoms with E-state index in [0.29, 0.717) is 17.5 Å². The maximum absolute atomic E-state index is 3.78. The molecule has 0 amide bonds. The summed E-state index contributed by atoms with van der Waals surface area (Å²) in [5.41, 5.74) is 0.470. The Bertz CT molecular complexity index is 285. The average molecular weight is 281 g/mol. The van der Waals surface area contributed by atoms with Crippen molar-refractivity contribution in [1.29, 1.82) is 0 Å². The highest BCUT2D eigenvalue weighted by Crippen LogP contribution is 2.30. The number of hydrogen-bond donors (Lipinski definition) is 1. The molecule has 3 heteroatoms. The number of nitrogens with one attached hydrogen (secondary N) is 1. The lowest BCUT2D eigenvalue weighted by atomic mass is 9.81. The van der Waals surface area contributed by atoms with E-state index in [1.807, 2.05) is 0 Å². The fourth-order valence-corrected chi connectivity index (χ4v) is 3.55. The molecule has 0 bridgehead atoms. The second kappa shape index (κ2) is 6.76. The number of hydrogen-bond acceptors (Lipinski definition) is 3. The van der Waals surface area contributed by atoms with Crippen molar-refractivity contribution in [2.24, 2.45) is 5.41 Å². The van der Waals surface area contributed by atoms with Crippen LogP contribution in [0.1, 0.15) is 53.4 Å². The highest BCUT2D eigenvalue weighted by atomic mass is 15.3. The van der Waals surface area contributed by atoms with Gasteiger partial charge in [-0.1, -0.05) is 13.8 Å². The average Bonchev–Trinajstić information content (AvgIpc) is 3.25. The van der Waals surface area contributed by atoms with E-state index < -0.39 is 0 Å². The molecule has 1 N–H and O–H groups in total. The van der Waals surface area contributed by atoms with Crippen LogP contribution in [0, 0.1) is 5.41 Å². The molecule has 1 saturated heterocycles. The molecule has 1 aliphatic heterocycles. The first-order valence-corrected chi connectivity index (χ1v) is 8.67. The van der Waals surface area contributed by atoms with Crippen molar-refractivity contribution in [2.75, 3.05) is 33.2 Å². The Morgan fingerprint density at radius 1 is 1.05 bits per heavy atom. The summed E-state index contributed by atoms with van der Waals surface area (Å²) < 4.78 is 0. The van der Waals surface area contributed by atoms with Crippen molar-refractivity contribution in [3.05, 3.63) is 0 Å². The lowest BCUT2D eigenvalue weighted by Gasteiger charge is -2.46. The first-order chi connectivity index (χ1) is 9.49. The Labute approximate surface area is 126 Å². The molecule has 1 heterocycles. The van der Waals surface area contributed by atoms with Gasteiger partial charge in [0.25, 0.3) is 0 Å². The molecule has 3 nitrogen and oxygen atoms in total. The van der Waals surface area contributed by atoms with E-state index in [2.05, 4.69) is 49.9 Å². The molecule has 0 radical (unpaired) electrons. The summed E-state index contributed by atoms with van der Waals surface area (Å²) in [6, 6.07) is 2.20. The molecule has 2 fully saturated rings. The van der Waals surface area contributed by atoms with Gasteiger partial charge in [-0.15, -0.1) is 0 Å². The Morgan fingerprint density at radius 2 is 1.60 bits per heavy atom. The van der Waals surface area contributed by atoms with Gasteiger partial charge in [-0.05, 0) is 52.0 Å². The topological polar surface area (TPSA) is 18.5 Å². The van der Waals surface area contributed by atoms with Gasteiger partial charge in [0.05, 0.1) is 0 Å². The van der Waals surface area contributed by atoms with Gasteiger partial charge in [-0.2, -0.15) is 0 Å². The molecular formula is C17H35N3. The molecule has 1 aliphatic carbocycles. The Kier molecular flexibility index (Phi) is 5.49. The minimum absolute atomic E-state index is 0.470. The SMILES string of the molecule is CCC(CC)(CNC1CC1)CN1CC(C)N(C)C(C)C1. The van der Waals surface area contributed by atoms with E-state index in [4.69, 9.17) is 0 Å². The van der Waals surface area contributed by atoms with Crippen LogP contribution < -0.4 is 5.32 Å². The Balaban J connectivity index is 1.92. The van der Waals surface area contributed by atoms with Crippen LogP contribution in [0.2, 0.25) is 0 Å². The maximum Gasteiger partial charge on any atom is 0.0195 e. The first kappa shape index (κ1) is 16.3. The number of piperazine rings is 1. The minimum Gasteiger partial charge on any atom is -0.313 e. The van der Waals surface area contributed by atoms with Crippen LogP contribution in [-0.2, 0) is 0 Å². The van der Waals surface area contributed by atoms with Crippen molar-refractivity contribution in [3.63, 3.8) is 0 Å². The quantitative estimate of drug-likeness (QED) is 0.774. The Morgan fingerprint density at radius 3 is 2.05 bits per heavy atom. The van der Waals surface area contributed by atoms with Crippen LogP contribution >= 0.6 is 0 Å². The second-order valence-electron chi connectivity index (χ2n) is 7.42. The van der Waals surface area contributed by atoms with Crippen molar-refractivity contribution in [2.45, 2.75) is 71.5 Å². The van der Waals surface area contributed by atoms with Crippen LogP contribution in [0.3, 0.4) is 0 Å². The number of likely N-dealkylation sites (N-methyl/N-ethyl adjacent to an activating group) is 1. The minimum atomic E-state index is 0.470. The lowest BCUT2D eigenvalue weighted by molar-refractivity contribution is 0.0281. The highest BCUT2D eigenvalue weighted by molar-refractivity contribution is 4.91. The zero-order valence-electron chi connectivity index (χ0n) is 14.3. The Hall–Kier alpha value is -0.120. The van der Waals surface area contributed by atoms with E-state index >= 15 is 0 Å². The standard InChI is InChI=1S/C17H35N3/c1-6-17(7-2,12-18-16-8-9-16)13-20-10-14(3)19(5)15(4)11-20/h14-16,18H,6-13H2,1-5H3. The summed E-state index contributed by atoms with van der Waals surface area (Å²) in [6.07, 6.45) is 5.37. The van der Waals surface area contributed by atoms with Crippen LogP contribution in [0.4, 0.5) is 0 Å². The fraction of sp³-hybridized carbons (Fsp3) is 1.00. The first-order valence-electron chi connectivity index (χ1n) is 8.67. The predicted octanol–water partition coefficient (Wildman–Crippen LogP) is 2.57. The normalized spacial score (nSPS) is 29.9. The van der Waals surface area contributed by atoms with Crippen molar-refractivity contribution < 1.29 is 0 Å². The molecule has 2 atom stereocenters.